The van der Waals surface area contributed by atoms with Crippen LogP contribution in [0, 0.1) is 17.0 Å². The molecule has 24 heavy (non-hydrogen) atoms. The van der Waals surface area contributed by atoms with Gasteiger partial charge in [0.15, 0.2) is 0 Å². The van der Waals surface area contributed by atoms with Gasteiger partial charge in [0.05, 0.1) is 10.5 Å². The number of hydrogen-bond donors (Lipinski definition) is 1. The van der Waals surface area contributed by atoms with E-state index in [1.807, 2.05) is 0 Å². The number of carboxylic acid groups (broad SMARTS) is 1. The lowest BCUT2D eigenvalue weighted by Gasteiger charge is -2.22. The highest BCUT2D eigenvalue weighted by atomic mass is 32.5. The second-order valence-electron chi connectivity index (χ2n) is 4.83. The number of nitro benzene ring substituents is 1. The molecule has 0 heterocycles. The molecule has 2 aromatic carbocycles. The standard InChI is InChI=1S/C15H14NO6PS/c1-10-8-13(6-7-14(10)16(19)20)23(24,21-2)22-12-5-3-4-11(9-12)15(17)18/h3-9H,1-2H3,(H,17,18). The first-order chi connectivity index (χ1) is 11.3. The summed E-state index contributed by atoms with van der Waals surface area (Å²) in [6.07, 6.45) is 0. The van der Waals surface area contributed by atoms with Crippen molar-refractivity contribution < 1.29 is 23.9 Å². The van der Waals surface area contributed by atoms with Gasteiger partial charge < -0.3 is 14.2 Å². The maximum atomic E-state index is 11.0. The zero-order valence-corrected chi connectivity index (χ0v) is 14.5. The lowest BCUT2D eigenvalue weighted by molar-refractivity contribution is -0.385. The zero-order chi connectivity index (χ0) is 17.9. The number of nitrogens with zero attached hydrogens (tertiary/aromatic N) is 1. The molecule has 0 aliphatic carbocycles. The van der Waals surface area contributed by atoms with Crippen LogP contribution >= 0.6 is 6.49 Å². The third kappa shape index (κ3) is 3.79. The van der Waals surface area contributed by atoms with Crippen LogP contribution in [0.5, 0.6) is 5.75 Å². The first kappa shape index (κ1) is 18.1. The molecular weight excluding hydrogens is 353 g/mol. The number of nitro groups is 1. The summed E-state index contributed by atoms with van der Waals surface area (Å²) in [5.41, 5.74) is 0.473. The lowest BCUT2D eigenvalue weighted by atomic mass is 10.2. The number of carboxylic acids is 1. The van der Waals surface area contributed by atoms with E-state index in [2.05, 4.69) is 0 Å². The summed E-state index contributed by atoms with van der Waals surface area (Å²) in [5, 5.41) is 20.5. The van der Waals surface area contributed by atoms with E-state index in [1.54, 1.807) is 19.1 Å². The van der Waals surface area contributed by atoms with Crippen molar-refractivity contribution in [2.24, 2.45) is 0 Å². The molecule has 0 radical (unpaired) electrons. The summed E-state index contributed by atoms with van der Waals surface area (Å²) in [6, 6.07) is 10.3. The molecule has 0 amide bonds. The predicted octanol–water partition coefficient (Wildman–Crippen LogP) is 3.26. The van der Waals surface area contributed by atoms with Gasteiger partial charge in [-0.2, -0.15) is 0 Å². The second kappa shape index (κ2) is 7.09. The van der Waals surface area contributed by atoms with Gasteiger partial charge in [-0.1, -0.05) is 6.07 Å². The van der Waals surface area contributed by atoms with Gasteiger partial charge >= 0.3 is 5.97 Å². The van der Waals surface area contributed by atoms with Gasteiger partial charge in [0, 0.05) is 24.0 Å². The molecule has 2 aromatic rings. The van der Waals surface area contributed by atoms with E-state index < -0.39 is 17.4 Å². The normalized spacial score (nSPS) is 13.1. The Hall–Kier alpha value is -2.28. The Balaban J connectivity index is 2.40. The molecule has 0 fully saturated rings. The number of aromatic carboxylic acids is 1. The van der Waals surface area contributed by atoms with E-state index in [0.29, 0.717) is 10.9 Å². The van der Waals surface area contributed by atoms with E-state index in [0.717, 1.165) is 0 Å². The molecule has 7 nitrogen and oxygen atoms in total. The number of aryl methyl sites for hydroxylation is 1. The summed E-state index contributed by atoms with van der Waals surface area (Å²) in [7, 11) is 1.39. The molecule has 0 aliphatic rings. The van der Waals surface area contributed by atoms with Crippen LogP contribution in [0.3, 0.4) is 0 Å². The summed E-state index contributed by atoms with van der Waals surface area (Å²) in [4.78, 5) is 21.5. The average molecular weight is 367 g/mol. The van der Waals surface area contributed by atoms with Gasteiger partial charge in [-0.05, 0) is 49.1 Å². The molecule has 0 bridgehead atoms. The van der Waals surface area contributed by atoms with Crippen molar-refractivity contribution in [2.75, 3.05) is 7.11 Å². The van der Waals surface area contributed by atoms with Crippen LogP contribution in [0.1, 0.15) is 15.9 Å². The zero-order valence-electron chi connectivity index (χ0n) is 12.8. The second-order valence-corrected chi connectivity index (χ2v) is 8.33. The van der Waals surface area contributed by atoms with Crippen LogP contribution in [0.15, 0.2) is 42.5 Å². The maximum absolute atomic E-state index is 11.0. The molecule has 9 heteroatoms. The molecular formula is C15H14NO6PS. The van der Waals surface area contributed by atoms with Gasteiger partial charge in [-0.15, -0.1) is 0 Å². The Kier molecular flexibility index (Phi) is 5.33. The monoisotopic (exact) mass is 367 g/mol. The van der Waals surface area contributed by atoms with Crippen molar-refractivity contribution in [1.29, 1.82) is 0 Å². The van der Waals surface area contributed by atoms with E-state index in [4.69, 9.17) is 26.0 Å². The quantitative estimate of drug-likeness (QED) is 0.475. The molecule has 1 atom stereocenters. The Morgan fingerprint density at radius 1 is 1.29 bits per heavy atom. The van der Waals surface area contributed by atoms with E-state index in [9.17, 15) is 14.9 Å². The highest BCUT2D eigenvalue weighted by Crippen LogP contribution is 2.47. The maximum Gasteiger partial charge on any atom is 0.335 e. The van der Waals surface area contributed by atoms with Crippen molar-refractivity contribution in [3.8, 4) is 5.75 Å². The largest absolute Gasteiger partial charge is 0.478 e. The number of hydrogen-bond acceptors (Lipinski definition) is 6. The van der Waals surface area contributed by atoms with Gasteiger partial charge in [0.2, 0.25) is 0 Å². The molecule has 0 aliphatic heterocycles. The lowest BCUT2D eigenvalue weighted by Crippen LogP contribution is -2.12. The molecule has 0 saturated carbocycles. The van der Waals surface area contributed by atoms with Crippen molar-refractivity contribution >= 4 is 35.3 Å². The molecule has 126 valence electrons. The van der Waals surface area contributed by atoms with Crippen molar-refractivity contribution in [1.82, 2.24) is 0 Å². The molecule has 2 rings (SSSR count). The minimum absolute atomic E-state index is 0.0238. The minimum Gasteiger partial charge on any atom is -0.478 e. The van der Waals surface area contributed by atoms with Gasteiger partial charge in [-0.3, -0.25) is 10.1 Å². The van der Waals surface area contributed by atoms with Crippen LogP contribution in [-0.4, -0.2) is 23.1 Å². The smallest absolute Gasteiger partial charge is 0.335 e. The third-order valence-electron chi connectivity index (χ3n) is 3.24. The molecule has 0 saturated heterocycles. The van der Waals surface area contributed by atoms with Crippen LogP contribution in [0.25, 0.3) is 0 Å². The first-order valence-corrected chi connectivity index (χ1v) is 9.35. The van der Waals surface area contributed by atoms with Crippen LogP contribution in [0.4, 0.5) is 5.69 Å². The van der Waals surface area contributed by atoms with E-state index >= 15 is 0 Å². The highest BCUT2D eigenvalue weighted by molar-refractivity contribution is 8.13. The number of carbonyl (C=O) groups is 1. The molecule has 1 N–H and O–H groups in total. The summed E-state index contributed by atoms with van der Waals surface area (Å²) in [6.45, 7) is -1.38. The number of rotatable bonds is 6. The third-order valence-corrected chi connectivity index (χ3v) is 6.39. The van der Waals surface area contributed by atoms with Crippen LogP contribution in [0.2, 0.25) is 0 Å². The Morgan fingerprint density at radius 3 is 2.54 bits per heavy atom. The topological polar surface area (TPSA) is 98.9 Å². The fraction of sp³-hybridized carbons (Fsp3) is 0.133. The first-order valence-electron chi connectivity index (χ1n) is 6.71. The van der Waals surface area contributed by atoms with Gasteiger partial charge in [0.25, 0.3) is 12.2 Å². The van der Waals surface area contributed by atoms with Crippen molar-refractivity contribution in [3.63, 3.8) is 0 Å². The van der Waals surface area contributed by atoms with Crippen LogP contribution in [-0.2, 0) is 16.3 Å². The van der Waals surface area contributed by atoms with Gasteiger partial charge in [-0.25, -0.2) is 4.79 Å². The SMILES string of the molecule is COP(=S)(Oc1cccc(C(=O)O)c1)c1ccc([N+](=O)[O-])c(C)c1. The average Bonchev–Trinajstić information content (AvgIpc) is 2.54. The minimum atomic E-state index is -2.98. The Labute approximate surface area is 143 Å². The van der Waals surface area contributed by atoms with Gasteiger partial charge in [0.1, 0.15) is 5.75 Å². The summed E-state index contributed by atoms with van der Waals surface area (Å²) in [5.74, 6) is -0.826. The Morgan fingerprint density at radius 2 is 2.00 bits per heavy atom. The predicted molar refractivity (Wildman–Crippen MR) is 92.8 cm³/mol. The van der Waals surface area contributed by atoms with Crippen molar-refractivity contribution in [2.45, 2.75) is 6.92 Å². The van der Waals surface area contributed by atoms with Crippen molar-refractivity contribution in [3.05, 3.63) is 63.7 Å². The molecule has 0 aromatic heterocycles. The number of benzene rings is 2. The molecule has 0 spiro atoms. The fourth-order valence-electron chi connectivity index (χ4n) is 2.03. The highest BCUT2D eigenvalue weighted by Gasteiger charge is 2.25. The summed E-state index contributed by atoms with van der Waals surface area (Å²) >= 11 is 5.48. The summed E-state index contributed by atoms with van der Waals surface area (Å²) < 4.78 is 11.1. The van der Waals surface area contributed by atoms with E-state index in [-0.39, 0.29) is 17.0 Å². The van der Waals surface area contributed by atoms with Crippen LogP contribution < -0.4 is 9.83 Å². The molecule has 1 unspecified atom stereocenters. The Bertz CT molecular complexity index is 854. The fourth-order valence-corrected chi connectivity index (χ4v) is 4.02. The van der Waals surface area contributed by atoms with E-state index in [1.165, 1.54) is 37.4 Å².